The van der Waals surface area contributed by atoms with Crippen LogP contribution in [0.15, 0.2) is 24.3 Å². The third-order valence-corrected chi connectivity index (χ3v) is 3.86. The number of piperidine rings is 1. The molecular formula is C14H14FNO2. The summed E-state index contributed by atoms with van der Waals surface area (Å²) in [7, 11) is 0. The zero-order chi connectivity index (χ0) is 12.7. The topological polar surface area (TPSA) is 46.2 Å². The van der Waals surface area contributed by atoms with Crippen molar-refractivity contribution in [1.82, 2.24) is 5.32 Å². The molecule has 2 aliphatic rings. The van der Waals surface area contributed by atoms with E-state index in [0.717, 1.165) is 12.8 Å². The van der Waals surface area contributed by atoms with E-state index in [1.165, 1.54) is 6.07 Å². The van der Waals surface area contributed by atoms with Crippen molar-refractivity contribution in [2.75, 3.05) is 0 Å². The van der Waals surface area contributed by atoms with Crippen molar-refractivity contribution in [2.24, 2.45) is 11.8 Å². The Morgan fingerprint density at radius 3 is 2.56 bits per heavy atom. The standard InChI is InChI=1S/C14H14FNO2/c15-11-4-2-1-3-9(11)13-10(8-5-6-8)7-12(17)16-14(13)18/h1-4,8,10,13H,5-7H2,(H,16,17,18). The van der Waals surface area contributed by atoms with E-state index < -0.39 is 5.92 Å². The number of amides is 2. The molecule has 18 heavy (non-hydrogen) atoms. The van der Waals surface area contributed by atoms with Gasteiger partial charge in [-0.2, -0.15) is 0 Å². The van der Waals surface area contributed by atoms with Gasteiger partial charge in [0, 0.05) is 12.0 Å². The fraction of sp³-hybridized carbons (Fsp3) is 0.429. The Kier molecular flexibility index (Phi) is 2.65. The lowest BCUT2D eigenvalue weighted by atomic mass is 9.77. The zero-order valence-corrected chi connectivity index (χ0v) is 9.86. The molecule has 1 aromatic carbocycles. The monoisotopic (exact) mass is 247 g/mol. The van der Waals surface area contributed by atoms with Crippen molar-refractivity contribution in [3.63, 3.8) is 0 Å². The first-order valence-corrected chi connectivity index (χ1v) is 6.25. The second-order valence-corrected chi connectivity index (χ2v) is 5.12. The quantitative estimate of drug-likeness (QED) is 0.812. The molecule has 3 nitrogen and oxygen atoms in total. The minimum Gasteiger partial charge on any atom is -0.296 e. The minimum absolute atomic E-state index is 0.0388. The molecule has 3 rings (SSSR count). The van der Waals surface area contributed by atoms with Crippen molar-refractivity contribution in [2.45, 2.75) is 25.2 Å². The van der Waals surface area contributed by atoms with Crippen LogP contribution < -0.4 is 5.32 Å². The number of imide groups is 1. The molecule has 0 bridgehead atoms. The lowest BCUT2D eigenvalue weighted by molar-refractivity contribution is -0.136. The zero-order valence-electron chi connectivity index (χ0n) is 9.86. The van der Waals surface area contributed by atoms with E-state index in [9.17, 15) is 14.0 Å². The minimum atomic E-state index is -0.517. The van der Waals surface area contributed by atoms with Gasteiger partial charge in [-0.25, -0.2) is 4.39 Å². The number of benzene rings is 1. The average molecular weight is 247 g/mol. The smallest absolute Gasteiger partial charge is 0.234 e. The summed E-state index contributed by atoms with van der Waals surface area (Å²) in [6.45, 7) is 0. The summed E-state index contributed by atoms with van der Waals surface area (Å²) in [4.78, 5) is 23.5. The van der Waals surface area contributed by atoms with Crippen LogP contribution >= 0.6 is 0 Å². The summed E-state index contributed by atoms with van der Waals surface area (Å²) >= 11 is 0. The Bertz CT molecular complexity index is 510. The summed E-state index contributed by atoms with van der Waals surface area (Å²) in [5.41, 5.74) is 0.416. The van der Waals surface area contributed by atoms with Gasteiger partial charge >= 0.3 is 0 Å². The average Bonchev–Trinajstić information content (AvgIpc) is 3.13. The highest BCUT2D eigenvalue weighted by Crippen LogP contribution is 2.47. The molecule has 2 unspecified atom stereocenters. The van der Waals surface area contributed by atoms with Crippen molar-refractivity contribution >= 4 is 11.8 Å². The van der Waals surface area contributed by atoms with Gasteiger partial charge < -0.3 is 0 Å². The number of hydrogen-bond acceptors (Lipinski definition) is 2. The molecular weight excluding hydrogens is 233 g/mol. The molecule has 2 fully saturated rings. The highest BCUT2D eigenvalue weighted by molar-refractivity contribution is 6.01. The second-order valence-electron chi connectivity index (χ2n) is 5.12. The highest BCUT2D eigenvalue weighted by Gasteiger charge is 2.45. The number of halogens is 1. The molecule has 1 aromatic rings. The lowest BCUT2D eigenvalue weighted by Crippen LogP contribution is -2.45. The lowest BCUT2D eigenvalue weighted by Gasteiger charge is -2.30. The van der Waals surface area contributed by atoms with Crippen LogP contribution in [-0.4, -0.2) is 11.8 Å². The third kappa shape index (κ3) is 1.92. The molecule has 1 saturated heterocycles. The van der Waals surface area contributed by atoms with Crippen molar-refractivity contribution < 1.29 is 14.0 Å². The third-order valence-electron chi connectivity index (χ3n) is 3.86. The molecule has 4 heteroatoms. The van der Waals surface area contributed by atoms with E-state index in [-0.39, 0.29) is 23.5 Å². The number of rotatable bonds is 2. The van der Waals surface area contributed by atoms with Gasteiger partial charge in [-0.3, -0.25) is 14.9 Å². The first-order chi connectivity index (χ1) is 8.66. The molecule has 1 saturated carbocycles. The normalized spacial score (nSPS) is 28.1. The van der Waals surface area contributed by atoms with E-state index in [1.807, 2.05) is 0 Å². The van der Waals surface area contributed by atoms with Crippen LogP contribution in [0.2, 0.25) is 0 Å². The number of carbonyl (C=O) groups excluding carboxylic acids is 2. The predicted molar refractivity (Wildman–Crippen MR) is 63.1 cm³/mol. The van der Waals surface area contributed by atoms with Crippen LogP contribution in [0.4, 0.5) is 4.39 Å². The van der Waals surface area contributed by atoms with Gasteiger partial charge in [-0.15, -0.1) is 0 Å². The Labute approximate surface area is 104 Å². The molecule has 0 spiro atoms. The van der Waals surface area contributed by atoms with Crippen molar-refractivity contribution in [3.8, 4) is 0 Å². The molecule has 1 aliphatic carbocycles. The molecule has 2 amide bonds. The van der Waals surface area contributed by atoms with Gasteiger partial charge in [0.05, 0.1) is 5.92 Å². The van der Waals surface area contributed by atoms with Crippen LogP contribution in [-0.2, 0) is 9.59 Å². The first-order valence-electron chi connectivity index (χ1n) is 6.25. The maximum absolute atomic E-state index is 13.8. The summed E-state index contributed by atoms with van der Waals surface area (Å²) in [6, 6.07) is 6.34. The molecule has 94 valence electrons. The second kappa shape index (κ2) is 4.19. The summed E-state index contributed by atoms with van der Waals surface area (Å²) in [6.07, 6.45) is 2.40. The molecule has 1 N–H and O–H groups in total. The molecule has 1 heterocycles. The van der Waals surface area contributed by atoms with E-state index in [0.29, 0.717) is 17.9 Å². The molecule has 1 aliphatic heterocycles. The fourth-order valence-corrected chi connectivity index (χ4v) is 2.85. The van der Waals surface area contributed by atoms with Crippen LogP contribution in [0.3, 0.4) is 0 Å². The Morgan fingerprint density at radius 2 is 1.89 bits per heavy atom. The van der Waals surface area contributed by atoms with Crippen LogP contribution in [0.5, 0.6) is 0 Å². The number of carbonyl (C=O) groups is 2. The number of hydrogen-bond donors (Lipinski definition) is 1. The summed E-state index contributed by atoms with van der Waals surface area (Å²) < 4.78 is 13.8. The molecule has 0 aromatic heterocycles. The molecule has 0 radical (unpaired) electrons. The van der Waals surface area contributed by atoms with Gasteiger partial charge in [0.1, 0.15) is 5.82 Å². The van der Waals surface area contributed by atoms with E-state index in [1.54, 1.807) is 18.2 Å². The highest BCUT2D eigenvalue weighted by atomic mass is 19.1. The van der Waals surface area contributed by atoms with Gasteiger partial charge in [-0.05, 0) is 30.7 Å². The summed E-state index contributed by atoms with van der Waals surface area (Å²) in [5, 5.41) is 2.32. The molecule has 2 atom stereocenters. The van der Waals surface area contributed by atoms with E-state index >= 15 is 0 Å². The largest absolute Gasteiger partial charge is 0.296 e. The van der Waals surface area contributed by atoms with Crippen LogP contribution in [0.25, 0.3) is 0 Å². The maximum Gasteiger partial charge on any atom is 0.234 e. The van der Waals surface area contributed by atoms with Gasteiger partial charge in [0.2, 0.25) is 11.8 Å². The van der Waals surface area contributed by atoms with Crippen molar-refractivity contribution in [1.29, 1.82) is 0 Å². The van der Waals surface area contributed by atoms with Crippen LogP contribution in [0, 0.1) is 17.7 Å². The van der Waals surface area contributed by atoms with Gasteiger partial charge in [0.25, 0.3) is 0 Å². The Hall–Kier alpha value is -1.71. The first kappa shape index (κ1) is 11.4. The van der Waals surface area contributed by atoms with Crippen LogP contribution in [0.1, 0.15) is 30.7 Å². The Balaban J connectivity index is 1.98. The van der Waals surface area contributed by atoms with Gasteiger partial charge in [0.15, 0.2) is 0 Å². The van der Waals surface area contributed by atoms with E-state index in [2.05, 4.69) is 5.32 Å². The van der Waals surface area contributed by atoms with Crippen molar-refractivity contribution in [3.05, 3.63) is 35.6 Å². The predicted octanol–water partition coefficient (Wildman–Crippen LogP) is 1.98. The summed E-state index contributed by atoms with van der Waals surface area (Å²) in [5.74, 6) is -1.11. The maximum atomic E-state index is 13.8. The SMILES string of the molecule is O=C1CC(C2CC2)C(c2ccccc2F)C(=O)N1. The van der Waals surface area contributed by atoms with Gasteiger partial charge in [-0.1, -0.05) is 18.2 Å². The fourth-order valence-electron chi connectivity index (χ4n) is 2.85. The number of nitrogens with one attached hydrogen (secondary N) is 1. The van der Waals surface area contributed by atoms with E-state index in [4.69, 9.17) is 0 Å². The Morgan fingerprint density at radius 1 is 1.17 bits per heavy atom.